The average Bonchev–Trinajstić information content (AvgIpc) is 2.85. The molecule has 0 spiro atoms. The zero-order chi connectivity index (χ0) is 14.7. The maximum absolute atomic E-state index is 5.89. The Hall–Kier alpha value is -2.50. The van der Waals surface area contributed by atoms with Gasteiger partial charge in [0.15, 0.2) is 0 Å². The topological polar surface area (TPSA) is 17.8 Å². The van der Waals surface area contributed by atoms with Crippen molar-refractivity contribution in [1.82, 2.24) is 9.55 Å². The van der Waals surface area contributed by atoms with E-state index in [4.69, 9.17) is 18.0 Å². The first-order valence-electron chi connectivity index (χ1n) is 6.60. The van der Waals surface area contributed by atoms with Crippen molar-refractivity contribution in [1.29, 1.82) is 0 Å². The van der Waals surface area contributed by atoms with Gasteiger partial charge in [0.05, 0.1) is 17.6 Å². The molecule has 0 fully saturated rings. The average molecular weight is 293 g/mol. The molecule has 0 radical (unpaired) electrons. The molecule has 0 saturated carbocycles. The lowest BCUT2D eigenvalue weighted by Crippen LogP contribution is -1.98. The van der Waals surface area contributed by atoms with Gasteiger partial charge in [0, 0.05) is 5.02 Å². The molecule has 0 saturated heterocycles. The van der Waals surface area contributed by atoms with E-state index in [1.165, 1.54) is 0 Å². The standard InChI is InChI=1S/C18H13ClN2/c1-2-13-21-17-6-4-3-5-16(17)20-18(21)12-9-14-7-10-15(19)11-8-14/h1,3-12H,13H2/b12-9+. The van der Waals surface area contributed by atoms with Crippen molar-refractivity contribution >= 4 is 34.8 Å². The van der Waals surface area contributed by atoms with Crippen molar-refractivity contribution < 1.29 is 0 Å². The fourth-order valence-corrected chi connectivity index (χ4v) is 2.35. The molecule has 0 atom stereocenters. The van der Waals surface area contributed by atoms with Crippen LogP contribution < -0.4 is 0 Å². The number of nitrogens with zero attached hydrogens (tertiary/aromatic N) is 2. The van der Waals surface area contributed by atoms with Crippen molar-refractivity contribution in [3.63, 3.8) is 0 Å². The molecule has 1 aromatic heterocycles. The zero-order valence-corrected chi connectivity index (χ0v) is 12.1. The van der Waals surface area contributed by atoms with Crippen LogP contribution in [0, 0.1) is 12.3 Å². The Kier molecular flexibility index (Phi) is 3.77. The Labute approximate surface area is 128 Å². The summed E-state index contributed by atoms with van der Waals surface area (Å²) in [6, 6.07) is 15.6. The number of benzene rings is 2. The summed E-state index contributed by atoms with van der Waals surface area (Å²) >= 11 is 5.89. The maximum Gasteiger partial charge on any atom is 0.134 e. The monoisotopic (exact) mass is 292 g/mol. The van der Waals surface area contributed by atoms with E-state index in [-0.39, 0.29) is 0 Å². The minimum atomic E-state index is 0.501. The number of para-hydroxylation sites is 2. The third-order valence-corrected chi connectivity index (χ3v) is 3.48. The number of aromatic nitrogens is 2. The van der Waals surface area contributed by atoms with E-state index in [9.17, 15) is 0 Å². The molecule has 1 heterocycles. The van der Waals surface area contributed by atoms with Crippen molar-refractivity contribution in [3.8, 4) is 12.3 Å². The van der Waals surface area contributed by atoms with Gasteiger partial charge in [-0.2, -0.15) is 0 Å². The molecular formula is C18H13ClN2. The first-order valence-corrected chi connectivity index (χ1v) is 6.98. The molecule has 2 nitrogen and oxygen atoms in total. The van der Waals surface area contributed by atoms with E-state index in [0.29, 0.717) is 6.54 Å². The predicted octanol–water partition coefficient (Wildman–Crippen LogP) is 4.49. The molecule has 0 aliphatic carbocycles. The Morgan fingerprint density at radius 3 is 2.62 bits per heavy atom. The van der Waals surface area contributed by atoms with Gasteiger partial charge in [-0.3, -0.25) is 0 Å². The van der Waals surface area contributed by atoms with Gasteiger partial charge in [0.2, 0.25) is 0 Å². The highest BCUT2D eigenvalue weighted by Gasteiger charge is 2.06. The minimum absolute atomic E-state index is 0.501. The van der Waals surface area contributed by atoms with Crippen LogP contribution in [-0.4, -0.2) is 9.55 Å². The van der Waals surface area contributed by atoms with Crippen LogP contribution in [0.15, 0.2) is 48.5 Å². The van der Waals surface area contributed by atoms with E-state index >= 15 is 0 Å². The first kappa shape index (κ1) is 13.5. The quantitative estimate of drug-likeness (QED) is 0.650. The lowest BCUT2D eigenvalue weighted by Gasteiger charge is -2.01. The molecule has 0 aliphatic heterocycles. The number of halogens is 1. The normalized spacial score (nSPS) is 11.0. The Morgan fingerprint density at radius 2 is 1.86 bits per heavy atom. The zero-order valence-electron chi connectivity index (χ0n) is 11.3. The third-order valence-electron chi connectivity index (χ3n) is 3.23. The maximum atomic E-state index is 5.89. The van der Waals surface area contributed by atoms with Gasteiger partial charge < -0.3 is 4.57 Å². The summed E-state index contributed by atoms with van der Waals surface area (Å²) in [5, 5.41) is 0.728. The van der Waals surface area contributed by atoms with Crippen molar-refractivity contribution in [2.24, 2.45) is 0 Å². The molecular weight excluding hydrogens is 280 g/mol. The summed E-state index contributed by atoms with van der Waals surface area (Å²) in [6.07, 6.45) is 9.44. The molecule has 0 N–H and O–H groups in total. The molecule has 0 amide bonds. The number of imidazole rings is 1. The van der Waals surface area contributed by atoms with Gasteiger partial charge in [-0.25, -0.2) is 4.98 Å². The van der Waals surface area contributed by atoms with E-state index in [1.54, 1.807) is 0 Å². The molecule has 0 unspecified atom stereocenters. The fourth-order valence-electron chi connectivity index (χ4n) is 2.22. The smallest absolute Gasteiger partial charge is 0.134 e. The van der Waals surface area contributed by atoms with Crippen LogP contribution >= 0.6 is 11.6 Å². The molecule has 102 valence electrons. The third kappa shape index (κ3) is 2.84. The second kappa shape index (κ2) is 5.87. The molecule has 2 aromatic carbocycles. The van der Waals surface area contributed by atoms with Gasteiger partial charge in [-0.15, -0.1) is 6.42 Å². The lowest BCUT2D eigenvalue weighted by atomic mass is 10.2. The predicted molar refractivity (Wildman–Crippen MR) is 88.9 cm³/mol. The second-order valence-corrected chi connectivity index (χ2v) is 5.07. The Bertz CT molecular complexity index is 836. The van der Waals surface area contributed by atoms with E-state index in [1.807, 2.05) is 65.3 Å². The summed E-state index contributed by atoms with van der Waals surface area (Å²) < 4.78 is 2.03. The molecule has 21 heavy (non-hydrogen) atoms. The van der Waals surface area contributed by atoms with E-state index in [2.05, 4.69) is 10.9 Å². The van der Waals surface area contributed by atoms with Crippen LogP contribution in [-0.2, 0) is 6.54 Å². The second-order valence-electron chi connectivity index (χ2n) is 4.63. The fraction of sp³-hybridized carbons (Fsp3) is 0.0556. The molecule has 3 rings (SSSR count). The first-order chi connectivity index (χ1) is 10.3. The number of fused-ring (bicyclic) bond motifs is 1. The summed E-state index contributed by atoms with van der Waals surface area (Å²) in [4.78, 5) is 4.62. The van der Waals surface area contributed by atoms with Crippen LogP contribution in [0.5, 0.6) is 0 Å². The molecule has 0 bridgehead atoms. The number of terminal acetylenes is 1. The van der Waals surface area contributed by atoms with Gasteiger partial charge in [-0.1, -0.05) is 47.9 Å². The highest BCUT2D eigenvalue weighted by Crippen LogP contribution is 2.18. The van der Waals surface area contributed by atoms with Crippen molar-refractivity contribution in [2.75, 3.05) is 0 Å². The van der Waals surface area contributed by atoms with Gasteiger partial charge in [-0.05, 0) is 35.9 Å². The van der Waals surface area contributed by atoms with Crippen LogP contribution in [0.25, 0.3) is 23.2 Å². The number of hydrogen-bond acceptors (Lipinski definition) is 1. The van der Waals surface area contributed by atoms with Crippen LogP contribution in [0.2, 0.25) is 5.02 Å². The van der Waals surface area contributed by atoms with Crippen LogP contribution in [0.1, 0.15) is 11.4 Å². The molecule has 0 aliphatic rings. The largest absolute Gasteiger partial charge is 0.313 e. The van der Waals surface area contributed by atoms with Gasteiger partial charge >= 0.3 is 0 Å². The van der Waals surface area contributed by atoms with Gasteiger partial charge in [0.1, 0.15) is 5.82 Å². The van der Waals surface area contributed by atoms with Crippen LogP contribution in [0.3, 0.4) is 0 Å². The van der Waals surface area contributed by atoms with Crippen molar-refractivity contribution in [3.05, 3.63) is 64.9 Å². The Morgan fingerprint density at radius 1 is 1.10 bits per heavy atom. The molecule has 3 aromatic rings. The van der Waals surface area contributed by atoms with Crippen molar-refractivity contribution in [2.45, 2.75) is 6.54 Å². The molecule has 3 heteroatoms. The summed E-state index contributed by atoms with van der Waals surface area (Å²) in [5.41, 5.74) is 3.06. The van der Waals surface area contributed by atoms with Crippen LogP contribution in [0.4, 0.5) is 0 Å². The highest BCUT2D eigenvalue weighted by molar-refractivity contribution is 6.30. The van der Waals surface area contributed by atoms with Gasteiger partial charge in [0.25, 0.3) is 0 Å². The van der Waals surface area contributed by atoms with E-state index in [0.717, 1.165) is 27.4 Å². The summed E-state index contributed by atoms with van der Waals surface area (Å²) in [7, 11) is 0. The van der Waals surface area contributed by atoms with E-state index < -0.39 is 0 Å². The Balaban J connectivity index is 2.01. The minimum Gasteiger partial charge on any atom is -0.313 e. The lowest BCUT2D eigenvalue weighted by molar-refractivity contribution is 0.858. The number of rotatable bonds is 3. The summed E-state index contributed by atoms with van der Waals surface area (Å²) in [5.74, 6) is 3.53. The summed E-state index contributed by atoms with van der Waals surface area (Å²) in [6.45, 7) is 0.501. The highest BCUT2D eigenvalue weighted by atomic mass is 35.5. The number of hydrogen-bond donors (Lipinski definition) is 0. The SMILES string of the molecule is C#CCn1c(/C=C/c2ccc(Cl)cc2)nc2ccccc21.